The molecule has 0 radical (unpaired) electrons. The summed E-state index contributed by atoms with van der Waals surface area (Å²) in [6, 6.07) is 11.2. The molecule has 1 fully saturated rings. The van der Waals surface area contributed by atoms with Gasteiger partial charge in [0.1, 0.15) is 0 Å². The van der Waals surface area contributed by atoms with E-state index in [0.29, 0.717) is 10.6 Å². The molecule has 0 atom stereocenters. The summed E-state index contributed by atoms with van der Waals surface area (Å²) in [6.07, 6.45) is 4.73. The van der Waals surface area contributed by atoms with Crippen LogP contribution in [0.3, 0.4) is 0 Å². The van der Waals surface area contributed by atoms with Gasteiger partial charge in [-0.2, -0.15) is 0 Å². The van der Waals surface area contributed by atoms with Gasteiger partial charge in [0.25, 0.3) is 17.7 Å². The van der Waals surface area contributed by atoms with Crippen molar-refractivity contribution in [2.75, 3.05) is 6.61 Å². The quantitative estimate of drug-likeness (QED) is 0.530. The smallest absolute Gasteiger partial charge is 0.338 e. The van der Waals surface area contributed by atoms with E-state index in [1.54, 1.807) is 24.3 Å². The zero-order valence-electron chi connectivity index (χ0n) is 17.4. The highest BCUT2D eigenvalue weighted by molar-refractivity contribution is 6.30. The van der Waals surface area contributed by atoms with Gasteiger partial charge in [-0.3, -0.25) is 19.3 Å². The number of imide groups is 1. The molecule has 2 aromatic carbocycles. The summed E-state index contributed by atoms with van der Waals surface area (Å²) < 4.78 is 5.08. The van der Waals surface area contributed by atoms with Crippen LogP contribution >= 0.6 is 11.6 Å². The van der Waals surface area contributed by atoms with Crippen molar-refractivity contribution in [2.45, 2.75) is 44.7 Å². The highest BCUT2D eigenvalue weighted by Gasteiger charge is 2.40. The second-order valence-corrected chi connectivity index (χ2v) is 8.45. The van der Waals surface area contributed by atoms with Crippen LogP contribution in [-0.4, -0.2) is 41.2 Å². The normalized spacial score (nSPS) is 16.1. The number of halogens is 1. The summed E-state index contributed by atoms with van der Waals surface area (Å²) >= 11 is 5.83. The van der Waals surface area contributed by atoms with Gasteiger partial charge in [-0.05, 0) is 48.7 Å². The Morgan fingerprint density at radius 2 is 1.66 bits per heavy atom. The van der Waals surface area contributed by atoms with Crippen molar-refractivity contribution < 1.29 is 23.9 Å². The van der Waals surface area contributed by atoms with Gasteiger partial charge < -0.3 is 10.1 Å². The van der Waals surface area contributed by atoms with Crippen molar-refractivity contribution in [3.63, 3.8) is 0 Å². The Kier molecular flexibility index (Phi) is 6.55. The summed E-state index contributed by atoms with van der Waals surface area (Å²) in [5.41, 5.74) is 1.50. The number of carbonyl (C=O) groups excluding carboxylic acids is 4. The third kappa shape index (κ3) is 4.67. The third-order valence-corrected chi connectivity index (χ3v) is 6.08. The first-order valence-corrected chi connectivity index (χ1v) is 11.0. The van der Waals surface area contributed by atoms with Crippen LogP contribution in [0.15, 0.2) is 42.5 Å². The highest BCUT2D eigenvalue weighted by atomic mass is 35.5. The maximum atomic E-state index is 12.9. The summed E-state index contributed by atoms with van der Waals surface area (Å²) in [6.45, 7) is -0.176. The van der Waals surface area contributed by atoms with Crippen LogP contribution in [0.25, 0.3) is 0 Å². The van der Waals surface area contributed by atoms with E-state index in [0.717, 1.165) is 37.7 Å². The molecule has 0 bridgehead atoms. The lowest BCUT2D eigenvalue weighted by atomic mass is 9.94. The van der Waals surface area contributed by atoms with Crippen molar-refractivity contribution >= 4 is 35.3 Å². The molecule has 0 spiro atoms. The molecule has 0 saturated heterocycles. The molecule has 7 nitrogen and oxygen atoms in total. The Morgan fingerprint density at radius 3 is 2.38 bits per heavy atom. The van der Waals surface area contributed by atoms with Crippen molar-refractivity contribution in [2.24, 2.45) is 0 Å². The molecular formula is C24H23ClN2O5. The molecule has 1 aliphatic carbocycles. The molecule has 1 N–H and O–H groups in total. The van der Waals surface area contributed by atoms with Crippen molar-refractivity contribution in [1.29, 1.82) is 0 Å². The van der Waals surface area contributed by atoms with Crippen LogP contribution in [0, 0.1) is 0 Å². The van der Waals surface area contributed by atoms with Crippen LogP contribution in [-0.2, 0) is 16.1 Å². The summed E-state index contributed by atoms with van der Waals surface area (Å²) in [5.74, 6) is -1.86. The minimum Gasteiger partial charge on any atom is -0.452 e. The van der Waals surface area contributed by atoms with Gasteiger partial charge in [-0.15, -0.1) is 0 Å². The monoisotopic (exact) mass is 454 g/mol. The minimum atomic E-state index is -0.731. The lowest BCUT2D eigenvalue weighted by Gasteiger charge is -2.29. The van der Waals surface area contributed by atoms with Crippen molar-refractivity contribution in [1.82, 2.24) is 10.2 Å². The lowest BCUT2D eigenvalue weighted by molar-refractivity contribution is -0.124. The number of carbonyl (C=O) groups is 4. The molecule has 0 aromatic heterocycles. The summed E-state index contributed by atoms with van der Waals surface area (Å²) in [5, 5.41) is 3.26. The average molecular weight is 455 g/mol. The Balaban J connectivity index is 1.35. The van der Waals surface area contributed by atoms with Crippen LogP contribution in [0.5, 0.6) is 0 Å². The van der Waals surface area contributed by atoms with Crippen LogP contribution < -0.4 is 5.32 Å². The first-order valence-electron chi connectivity index (χ1n) is 10.6. The maximum absolute atomic E-state index is 12.9. The largest absolute Gasteiger partial charge is 0.452 e. The molecule has 2 aromatic rings. The molecule has 2 aliphatic rings. The van der Waals surface area contributed by atoms with Gasteiger partial charge in [0, 0.05) is 17.6 Å². The zero-order valence-corrected chi connectivity index (χ0v) is 18.2. The van der Waals surface area contributed by atoms with E-state index >= 15 is 0 Å². The summed E-state index contributed by atoms with van der Waals surface area (Å²) in [4.78, 5) is 51.3. The Hall–Kier alpha value is -3.19. The second kappa shape index (κ2) is 9.53. The number of fused-ring (bicyclic) bond motifs is 1. The SMILES string of the molecule is O=C(COC(=O)c1ccc2c(c1)C(=O)N(C1CCCCC1)C2=O)NCc1ccc(Cl)cc1. The molecule has 8 heteroatoms. The van der Waals surface area contributed by atoms with E-state index in [9.17, 15) is 19.2 Å². The fourth-order valence-electron chi connectivity index (χ4n) is 4.13. The molecule has 1 saturated carbocycles. The van der Waals surface area contributed by atoms with Crippen LogP contribution in [0.1, 0.15) is 68.7 Å². The van der Waals surface area contributed by atoms with E-state index in [2.05, 4.69) is 5.32 Å². The molecule has 1 heterocycles. The van der Waals surface area contributed by atoms with Gasteiger partial charge in [-0.1, -0.05) is 43.0 Å². The van der Waals surface area contributed by atoms with E-state index in [1.165, 1.54) is 23.1 Å². The molecule has 3 amide bonds. The topological polar surface area (TPSA) is 92.8 Å². The molecule has 0 unspecified atom stereocenters. The first kappa shape index (κ1) is 22.0. The molecule has 1 aliphatic heterocycles. The average Bonchev–Trinajstić information content (AvgIpc) is 3.07. The fourth-order valence-corrected chi connectivity index (χ4v) is 4.25. The van der Waals surface area contributed by atoms with Crippen LogP contribution in [0.4, 0.5) is 0 Å². The first-order chi connectivity index (χ1) is 15.4. The van der Waals surface area contributed by atoms with Crippen molar-refractivity contribution in [3.05, 3.63) is 69.7 Å². The number of esters is 1. The number of hydrogen-bond acceptors (Lipinski definition) is 5. The predicted molar refractivity (Wildman–Crippen MR) is 117 cm³/mol. The van der Waals surface area contributed by atoms with Crippen LogP contribution in [0.2, 0.25) is 5.02 Å². The number of rotatable bonds is 6. The van der Waals surface area contributed by atoms with Gasteiger partial charge >= 0.3 is 5.97 Å². The van der Waals surface area contributed by atoms with Gasteiger partial charge in [0.15, 0.2) is 6.61 Å². The Labute approximate surface area is 190 Å². The standard InChI is InChI=1S/C24H23ClN2O5/c25-17-9-6-15(7-10-17)13-26-21(28)14-32-24(31)16-8-11-19-20(12-16)23(30)27(22(19)29)18-4-2-1-3-5-18/h6-12,18H,1-5,13-14H2,(H,26,28). The maximum Gasteiger partial charge on any atom is 0.338 e. The lowest BCUT2D eigenvalue weighted by Crippen LogP contribution is -2.40. The van der Waals surface area contributed by atoms with Gasteiger partial charge in [0.2, 0.25) is 0 Å². The van der Waals surface area contributed by atoms with Crippen molar-refractivity contribution in [3.8, 4) is 0 Å². The number of hydrogen-bond donors (Lipinski definition) is 1. The molecule has 32 heavy (non-hydrogen) atoms. The molecular weight excluding hydrogens is 432 g/mol. The number of amides is 3. The third-order valence-electron chi connectivity index (χ3n) is 5.83. The number of nitrogens with one attached hydrogen (secondary N) is 1. The highest BCUT2D eigenvalue weighted by Crippen LogP contribution is 2.31. The van der Waals surface area contributed by atoms with Gasteiger partial charge in [0.05, 0.1) is 16.7 Å². The second-order valence-electron chi connectivity index (χ2n) is 8.01. The zero-order chi connectivity index (χ0) is 22.7. The number of benzene rings is 2. The Bertz CT molecular complexity index is 1060. The molecule has 4 rings (SSSR count). The number of nitrogens with zero attached hydrogens (tertiary/aromatic N) is 1. The van der Waals surface area contributed by atoms with E-state index < -0.39 is 18.5 Å². The predicted octanol–water partition coefficient (Wildman–Crippen LogP) is 3.74. The van der Waals surface area contributed by atoms with E-state index in [-0.39, 0.29) is 35.5 Å². The van der Waals surface area contributed by atoms with E-state index in [4.69, 9.17) is 16.3 Å². The Morgan fingerprint density at radius 1 is 0.969 bits per heavy atom. The minimum absolute atomic E-state index is 0.0871. The summed E-state index contributed by atoms with van der Waals surface area (Å²) in [7, 11) is 0. The van der Waals surface area contributed by atoms with E-state index in [1.807, 2.05) is 0 Å². The van der Waals surface area contributed by atoms with Gasteiger partial charge in [-0.25, -0.2) is 4.79 Å². The fraction of sp³-hybridized carbons (Fsp3) is 0.333. The molecule has 166 valence electrons. The number of ether oxygens (including phenoxy) is 1.